The zero-order valence-electron chi connectivity index (χ0n) is 19.7. The van der Waals surface area contributed by atoms with Crippen LogP contribution in [0.25, 0.3) is 22.2 Å². The Hall–Kier alpha value is -2.47. The summed E-state index contributed by atoms with van der Waals surface area (Å²) in [6, 6.07) is 7.80. The second-order valence-corrected chi connectivity index (χ2v) is 9.09. The molecule has 0 radical (unpaired) electrons. The monoisotopic (exact) mass is 425 g/mol. The van der Waals surface area contributed by atoms with Crippen molar-refractivity contribution in [1.82, 2.24) is 20.5 Å². The van der Waals surface area contributed by atoms with Crippen molar-refractivity contribution in [2.45, 2.75) is 60.4 Å². The number of nitrogens with one attached hydrogen (secondary N) is 2. The van der Waals surface area contributed by atoms with Crippen LogP contribution in [-0.4, -0.2) is 40.9 Å². The summed E-state index contributed by atoms with van der Waals surface area (Å²) in [5, 5.41) is 11.7. The predicted molar refractivity (Wildman–Crippen MR) is 128 cm³/mol. The molecular weight excluding hydrogens is 389 g/mol. The summed E-state index contributed by atoms with van der Waals surface area (Å²) in [6.07, 6.45) is 4.72. The molecule has 3 heterocycles. The van der Waals surface area contributed by atoms with Gasteiger partial charge in [0.2, 0.25) is 0 Å². The number of aryl methyl sites for hydroxylation is 1. The first kappa shape index (κ1) is 23.2. The van der Waals surface area contributed by atoms with E-state index in [1.807, 2.05) is 32.2 Å². The van der Waals surface area contributed by atoms with Crippen LogP contribution in [0.2, 0.25) is 0 Å². The van der Waals surface area contributed by atoms with Crippen molar-refractivity contribution >= 4 is 16.7 Å². The van der Waals surface area contributed by atoms with Gasteiger partial charge in [0.25, 0.3) is 0 Å². The van der Waals surface area contributed by atoms with Gasteiger partial charge in [-0.2, -0.15) is 5.10 Å². The fourth-order valence-electron chi connectivity index (χ4n) is 3.50. The van der Waals surface area contributed by atoms with Gasteiger partial charge in [-0.05, 0) is 61.9 Å². The summed E-state index contributed by atoms with van der Waals surface area (Å²) in [6.45, 7) is 15.4. The number of aromatic nitrogens is 3. The number of halogens is 1. The third-order valence-electron chi connectivity index (χ3n) is 5.80. The number of H-pyrrole nitrogens is 1. The molecule has 2 aliphatic rings. The molecule has 1 aliphatic carbocycles. The largest absolute Gasteiger partial charge is 0.354 e. The average molecular weight is 426 g/mol. The van der Waals surface area contributed by atoms with Crippen molar-refractivity contribution in [3.63, 3.8) is 0 Å². The highest BCUT2D eigenvalue weighted by molar-refractivity contribution is 5.93. The summed E-state index contributed by atoms with van der Waals surface area (Å²) in [5.74, 6) is 0.735. The van der Waals surface area contributed by atoms with Gasteiger partial charge in [0.05, 0.1) is 5.52 Å². The Kier molecular flexibility index (Phi) is 7.31. The molecule has 0 amide bonds. The van der Waals surface area contributed by atoms with E-state index in [-0.39, 0.29) is 5.82 Å². The van der Waals surface area contributed by atoms with Gasteiger partial charge in [-0.3, -0.25) is 5.10 Å². The first-order valence-corrected chi connectivity index (χ1v) is 11.4. The summed E-state index contributed by atoms with van der Waals surface area (Å²) >= 11 is 0. The van der Waals surface area contributed by atoms with E-state index in [9.17, 15) is 4.39 Å². The second kappa shape index (κ2) is 9.77. The molecule has 5 rings (SSSR count). The number of fused-ring (bicyclic) bond motifs is 1. The Labute approximate surface area is 185 Å². The van der Waals surface area contributed by atoms with Crippen LogP contribution in [0.5, 0.6) is 0 Å². The molecule has 5 nitrogen and oxygen atoms in total. The maximum Gasteiger partial charge on any atom is 0.129 e. The van der Waals surface area contributed by atoms with Gasteiger partial charge in [0.15, 0.2) is 0 Å². The standard InChI is InChI=1S/C18H20FN5.C5H10.C2H6/c1-11-7-14-16(9-15(11)19)22-23-18(14)13-3-4-21-17(8-13)24-6-5-20-12(2)10-24;1-5(2)3-4-5;1-2/h3-4,7-9,12,20H,5-6,10H2,1-2H3,(H,22,23);3-4H2,1-2H3;1-2H3. The first-order chi connectivity index (χ1) is 14.8. The number of pyridine rings is 1. The summed E-state index contributed by atoms with van der Waals surface area (Å²) in [7, 11) is 0. The minimum atomic E-state index is -0.220. The maximum atomic E-state index is 13.7. The van der Waals surface area contributed by atoms with Crippen molar-refractivity contribution in [2.75, 3.05) is 24.5 Å². The van der Waals surface area contributed by atoms with Crippen molar-refractivity contribution < 1.29 is 4.39 Å². The number of rotatable bonds is 2. The number of piperazine rings is 1. The van der Waals surface area contributed by atoms with Crippen LogP contribution in [-0.2, 0) is 0 Å². The third-order valence-corrected chi connectivity index (χ3v) is 5.80. The number of hydrogen-bond donors (Lipinski definition) is 2. The van der Waals surface area contributed by atoms with Crippen LogP contribution in [0.4, 0.5) is 10.2 Å². The van der Waals surface area contributed by atoms with E-state index in [1.54, 1.807) is 6.92 Å². The van der Waals surface area contributed by atoms with Gasteiger partial charge >= 0.3 is 0 Å². The van der Waals surface area contributed by atoms with Crippen LogP contribution in [0.15, 0.2) is 30.5 Å². The van der Waals surface area contributed by atoms with Gasteiger partial charge < -0.3 is 10.2 Å². The van der Waals surface area contributed by atoms with Crippen LogP contribution in [0, 0.1) is 18.2 Å². The van der Waals surface area contributed by atoms with E-state index < -0.39 is 0 Å². The highest BCUT2D eigenvalue weighted by Crippen LogP contribution is 2.43. The Bertz CT molecular complexity index is 1000. The normalized spacial score (nSPS) is 19.2. The number of nitrogens with zero attached hydrogens (tertiary/aromatic N) is 3. The lowest BCUT2D eigenvalue weighted by molar-refractivity contribution is 0.482. The molecular formula is C25H36FN5. The molecule has 1 aliphatic heterocycles. The van der Waals surface area contributed by atoms with Crippen molar-refractivity contribution in [1.29, 1.82) is 0 Å². The second-order valence-electron chi connectivity index (χ2n) is 9.09. The van der Waals surface area contributed by atoms with Gasteiger partial charge in [-0.25, -0.2) is 9.37 Å². The Morgan fingerprint density at radius 2 is 1.87 bits per heavy atom. The Morgan fingerprint density at radius 1 is 1.16 bits per heavy atom. The third kappa shape index (κ3) is 5.82. The quantitative estimate of drug-likeness (QED) is 0.553. The topological polar surface area (TPSA) is 56.8 Å². The Balaban J connectivity index is 0.000000337. The van der Waals surface area contributed by atoms with E-state index in [4.69, 9.17) is 0 Å². The van der Waals surface area contributed by atoms with Crippen LogP contribution >= 0.6 is 0 Å². The zero-order valence-corrected chi connectivity index (χ0v) is 19.7. The van der Waals surface area contributed by atoms with E-state index in [1.165, 1.54) is 18.9 Å². The van der Waals surface area contributed by atoms with Crippen molar-refractivity contribution in [2.24, 2.45) is 5.41 Å². The summed E-state index contributed by atoms with van der Waals surface area (Å²) < 4.78 is 13.7. The molecule has 1 atom stereocenters. The van der Waals surface area contributed by atoms with E-state index in [2.05, 4.69) is 52.2 Å². The van der Waals surface area contributed by atoms with Crippen molar-refractivity contribution in [3.05, 3.63) is 41.8 Å². The fourth-order valence-corrected chi connectivity index (χ4v) is 3.50. The predicted octanol–water partition coefficient (Wildman–Crippen LogP) is 5.70. The molecule has 0 spiro atoms. The molecule has 1 aromatic carbocycles. The molecule has 3 aromatic rings. The average Bonchev–Trinajstić information content (AvgIpc) is 3.32. The van der Waals surface area contributed by atoms with Gasteiger partial charge in [0, 0.05) is 42.8 Å². The lowest BCUT2D eigenvalue weighted by Gasteiger charge is -2.32. The SMILES string of the molecule is CC.CC1(C)CC1.Cc1cc2c(-c3ccnc(N4CCNC(C)C4)c3)n[nH]c2cc1F. The minimum Gasteiger partial charge on any atom is -0.354 e. The van der Waals surface area contributed by atoms with Crippen LogP contribution < -0.4 is 10.2 Å². The van der Waals surface area contributed by atoms with E-state index >= 15 is 0 Å². The van der Waals surface area contributed by atoms with E-state index in [0.717, 1.165) is 47.5 Å². The number of hydrogen-bond acceptors (Lipinski definition) is 4. The molecule has 1 unspecified atom stereocenters. The molecule has 2 fully saturated rings. The molecule has 168 valence electrons. The fraction of sp³-hybridized carbons (Fsp3) is 0.520. The molecule has 31 heavy (non-hydrogen) atoms. The summed E-state index contributed by atoms with van der Waals surface area (Å²) in [4.78, 5) is 6.80. The van der Waals surface area contributed by atoms with Crippen LogP contribution in [0.3, 0.4) is 0 Å². The first-order valence-electron chi connectivity index (χ1n) is 11.4. The molecule has 1 saturated carbocycles. The Morgan fingerprint density at radius 3 is 2.52 bits per heavy atom. The number of anilines is 1. The van der Waals surface area contributed by atoms with Crippen molar-refractivity contribution in [3.8, 4) is 11.3 Å². The molecule has 6 heteroatoms. The molecule has 2 N–H and O–H groups in total. The number of benzene rings is 1. The highest BCUT2D eigenvalue weighted by Gasteiger charge is 2.30. The molecule has 1 saturated heterocycles. The minimum absolute atomic E-state index is 0.220. The zero-order chi connectivity index (χ0) is 22.6. The summed E-state index contributed by atoms with van der Waals surface area (Å²) in [5.41, 5.74) is 3.90. The van der Waals surface area contributed by atoms with Gasteiger partial charge in [-0.1, -0.05) is 27.7 Å². The molecule has 2 aromatic heterocycles. The van der Waals surface area contributed by atoms with Gasteiger partial charge in [-0.15, -0.1) is 0 Å². The van der Waals surface area contributed by atoms with E-state index in [0.29, 0.717) is 17.1 Å². The van der Waals surface area contributed by atoms with Gasteiger partial charge in [0.1, 0.15) is 17.3 Å². The smallest absolute Gasteiger partial charge is 0.129 e. The molecule has 0 bridgehead atoms. The highest BCUT2D eigenvalue weighted by atomic mass is 19.1. The number of aromatic amines is 1. The van der Waals surface area contributed by atoms with Crippen LogP contribution in [0.1, 0.15) is 53.0 Å². The lowest BCUT2D eigenvalue weighted by Crippen LogP contribution is -2.49. The lowest BCUT2D eigenvalue weighted by atomic mass is 10.1. The maximum absolute atomic E-state index is 13.7.